The fraction of sp³-hybridized carbons (Fsp3) is 0.275. The first-order chi connectivity index (χ1) is 25.6. The highest BCUT2D eigenvalue weighted by atomic mass is 32.2. The standard InChI is InChI=1S/C40H37F3N6O4S/c1-40(2)13-15-48(16-14-40)21-35-45-30-12-11-29(46-37(30)33-19-24-27(42)7-6-8-31(24)49(33)35)25-18-26-34(20-32(25)47(4)54(5,51)52)53-38(36(26)39(50)44-3)23-10-9-22(41)17-28(23)43/h6-12,17-20H,13-16,21H2,1-5H3,(H,44,50). The molecular weight excluding hydrogens is 718 g/mol. The molecule has 1 aliphatic rings. The van der Waals surface area contributed by atoms with Gasteiger partial charge in [0.15, 0.2) is 5.76 Å². The Balaban J connectivity index is 1.37. The number of pyridine rings is 1. The largest absolute Gasteiger partial charge is 0.455 e. The molecule has 278 valence electrons. The fourth-order valence-corrected chi connectivity index (χ4v) is 7.84. The van der Waals surface area contributed by atoms with E-state index in [9.17, 15) is 17.6 Å². The SMILES string of the molecule is CNC(=O)c1c(-c2ccc(F)cc2F)oc2cc(N(C)S(C)(=O)=O)c(-c3ccc4nc(CN5CCC(C)(C)CC5)n5c6cccc(F)c6cc5c4n3)cc12. The maximum Gasteiger partial charge on any atom is 0.255 e. The van der Waals surface area contributed by atoms with Crippen LogP contribution >= 0.6 is 0 Å². The number of halogens is 3. The second-order valence-electron chi connectivity index (χ2n) is 14.7. The van der Waals surface area contributed by atoms with Crippen LogP contribution in [0, 0.1) is 22.9 Å². The first-order valence-electron chi connectivity index (χ1n) is 17.5. The highest BCUT2D eigenvalue weighted by Gasteiger charge is 2.29. The van der Waals surface area contributed by atoms with E-state index in [4.69, 9.17) is 14.4 Å². The number of nitrogens with zero attached hydrogens (tertiary/aromatic N) is 5. The topological polar surface area (TPSA) is 113 Å². The summed E-state index contributed by atoms with van der Waals surface area (Å²) in [5, 5.41) is 3.21. The van der Waals surface area contributed by atoms with Crippen LogP contribution in [0.15, 0.2) is 71.1 Å². The summed E-state index contributed by atoms with van der Waals surface area (Å²) >= 11 is 0. The van der Waals surface area contributed by atoms with Crippen molar-refractivity contribution >= 4 is 60.0 Å². The van der Waals surface area contributed by atoms with E-state index < -0.39 is 27.6 Å². The van der Waals surface area contributed by atoms with Crippen LogP contribution in [0.2, 0.25) is 0 Å². The van der Waals surface area contributed by atoms with Crippen molar-refractivity contribution in [2.75, 3.05) is 37.7 Å². The average molecular weight is 755 g/mol. The van der Waals surface area contributed by atoms with Gasteiger partial charge in [0.1, 0.15) is 34.4 Å². The number of sulfonamides is 1. The molecule has 3 aromatic carbocycles. The van der Waals surface area contributed by atoms with E-state index in [-0.39, 0.29) is 44.8 Å². The average Bonchev–Trinajstić information content (AvgIpc) is 3.71. The monoisotopic (exact) mass is 754 g/mol. The summed E-state index contributed by atoms with van der Waals surface area (Å²) in [4.78, 5) is 25.9. The van der Waals surface area contributed by atoms with Crippen molar-refractivity contribution in [3.8, 4) is 22.6 Å². The molecule has 0 aliphatic carbocycles. The van der Waals surface area contributed by atoms with Crippen molar-refractivity contribution in [2.45, 2.75) is 33.2 Å². The molecule has 1 N–H and O–H groups in total. The molecule has 0 radical (unpaired) electrons. The van der Waals surface area contributed by atoms with Crippen LogP contribution in [-0.2, 0) is 16.6 Å². The summed E-state index contributed by atoms with van der Waals surface area (Å²) < 4.78 is 79.4. The Kier molecular flexibility index (Phi) is 8.45. The van der Waals surface area contributed by atoms with E-state index in [0.29, 0.717) is 51.3 Å². The molecule has 5 heterocycles. The van der Waals surface area contributed by atoms with Crippen molar-refractivity contribution in [2.24, 2.45) is 5.41 Å². The zero-order valence-electron chi connectivity index (χ0n) is 30.3. The van der Waals surface area contributed by atoms with Gasteiger partial charge in [-0.3, -0.25) is 18.4 Å². The van der Waals surface area contributed by atoms with Gasteiger partial charge < -0.3 is 9.73 Å². The molecule has 10 nitrogen and oxygen atoms in total. The van der Waals surface area contributed by atoms with Gasteiger partial charge in [0.05, 0.1) is 51.9 Å². The van der Waals surface area contributed by atoms with Gasteiger partial charge in [-0.05, 0) is 79.9 Å². The lowest BCUT2D eigenvalue weighted by atomic mass is 9.83. The second kappa shape index (κ2) is 12.8. The Hall–Kier alpha value is -5.47. The molecule has 14 heteroatoms. The minimum atomic E-state index is -3.85. The predicted molar refractivity (Wildman–Crippen MR) is 203 cm³/mol. The van der Waals surface area contributed by atoms with Crippen LogP contribution < -0.4 is 9.62 Å². The number of piperidine rings is 1. The number of benzene rings is 3. The van der Waals surface area contributed by atoms with Crippen molar-refractivity contribution < 1.29 is 30.8 Å². The second-order valence-corrected chi connectivity index (χ2v) is 16.7. The third-order valence-corrected chi connectivity index (χ3v) is 11.7. The van der Waals surface area contributed by atoms with Gasteiger partial charge in [0.2, 0.25) is 10.0 Å². The third-order valence-electron chi connectivity index (χ3n) is 10.5. The van der Waals surface area contributed by atoms with Crippen molar-refractivity contribution in [1.82, 2.24) is 24.6 Å². The van der Waals surface area contributed by atoms with Crippen LogP contribution in [0.1, 0.15) is 42.9 Å². The van der Waals surface area contributed by atoms with E-state index >= 15 is 8.78 Å². The molecule has 0 saturated carbocycles. The Bertz CT molecular complexity index is 2790. The number of fused-ring (bicyclic) bond motifs is 6. The maximum absolute atomic E-state index is 15.3. The molecule has 4 aromatic heterocycles. The van der Waals surface area contributed by atoms with Gasteiger partial charge in [-0.25, -0.2) is 31.6 Å². The number of hydrogen-bond acceptors (Lipinski definition) is 7. The van der Waals surface area contributed by atoms with Crippen LogP contribution in [0.4, 0.5) is 18.9 Å². The van der Waals surface area contributed by atoms with Crippen molar-refractivity contribution in [1.29, 1.82) is 0 Å². The number of anilines is 1. The molecule has 1 saturated heterocycles. The predicted octanol–water partition coefficient (Wildman–Crippen LogP) is 7.91. The smallest absolute Gasteiger partial charge is 0.255 e. The lowest BCUT2D eigenvalue weighted by Crippen LogP contribution is -2.37. The van der Waals surface area contributed by atoms with Gasteiger partial charge in [0, 0.05) is 42.6 Å². The molecule has 7 aromatic rings. The molecule has 1 aliphatic heterocycles. The molecule has 0 bridgehead atoms. The fourth-order valence-electron chi connectivity index (χ4n) is 7.33. The van der Waals surface area contributed by atoms with Crippen LogP contribution in [0.3, 0.4) is 0 Å². The van der Waals surface area contributed by atoms with Crippen LogP contribution in [0.5, 0.6) is 0 Å². The number of nitrogens with one attached hydrogen (secondary N) is 1. The zero-order chi connectivity index (χ0) is 38.3. The lowest BCUT2D eigenvalue weighted by molar-refractivity contribution is 0.0964. The number of furan rings is 1. The quantitative estimate of drug-likeness (QED) is 0.176. The number of hydrogen-bond donors (Lipinski definition) is 1. The summed E-state index contributed by atoms with van der Waals surface area (Å²) in [6.45, 7) is 6.90. The number of aromatic nitrogens is 3. The maximum atomic E-state index is 15.3. The summed E-state index contributed by atoms with van der Waals surface area (Å²) in [5.74, 6) is -2.16. The summed E-state index contributed by atoms with van der Waals surface area (Å²) in [5.41, 5.74) is 3.25. The summed E-state index contributed by atoms with van der Waals surface area (Å²) in [6, 6.07) is 16.1. The minimum Gasteiger partial charge on any atom is -0.455 e. The number of amides is 1. The molecule has 0 spiro atoms. The Labute approximate surface area is 309 Å². The molecule has 54 heavy (non-hydrogen) atoms. The number of likely N-dealkylation sites (tertiary alicyclic amines) is 1. The summed E-state index contributed by atoms with van der Waals surface area (Å²) in [7, 11) is -1.06. The summed E-state index contributed by atoms with van der Waals surface area (Å²) in [6.07, 6.45) is 3.14. The first-order valence-corrected chi connectivity index (χ1v) is 19.3. The third kappa shape index (κ3) is 6.02. The number of carbonyl (C=O) groups is 1. The molecule has 1 fully saturated rings. The Morgan fingerprint density at radius 1 is 0.926 bits per heavy atom. The van der Waals surface area contributed by atoms with Gasteiger partial charge in [-0.2, -0.15) is 0 Å². The molecule has 0 atom stereocenters. The van der Waals surface area contributed by atoms with Crippen LogP contribution in [0.25, 0.3) is 61.0 Å². The van der Waals surface area contributed by atoms with E-state index in [1.807, 2.05) is 10.5 Å². The Morgan fingerprint density at radius 2 is 1.69 bits per heavy atom. The molecule has 0 unspecified atom stereocenters. The molecule has 8 rings (SSSR count). The van der Waals surface area contributed by atoms with Gasteiger partial charge in [-0.15, -0.1) is 0 Å². The van der Waals surface area contributed by atoms with E-state index in [2.05, 4.69) is 24.1 Å². The Morgan fingerprint density at radius 3 is 2.39 bits per heavy atom. The minimum absolute atomic E-state index is 0.0308. The highest BCUT2D eigenvalue weighted by Crippen LogP contribution is 2.42. The number of rotatable bonds is 7. The normalized spacial score (nSPS) is 15.1. The van der Waals surface area contributed by atoms with E-state index in [1.165, 1.54) is 32.3 Å². The number of carbonyl (C=O) groups excluding carboxylic acids is 1. The van der Waals surface area contributed by atoms with E-state index in [1.54, 1.807) is 30.3 Å². The van der Waals surface area contributed by atoms with Gasteiger partial charge in [-0.1, -0.05) is 19.9 Å². The molecular formula is C40H37F3N6O4S. The van der Waals surface area contributed by atoms with Gasteiger partial charge >= 0.3 is 0 Å². The van der Waals surface area contributed by atoms with Crippen molar-refractivity contribution in [3.63, 3.8) is 0 Å². The molecule has 1 amide bonds. The van der Waals surface area contributed by atoms with Crippen LogP contribution in [-0.4, -0.2) is 67.0 Å². The highest BCUT2D eigenvalue weighted by molar-refractivity contribution is 7.92. The van der Waals surface area contributed by atoms with E-state index in [0.717, 1.165) is 48.4 Å². The zero-order valence-corrected chi connectivity index (χ0v) is 31.1. The lowest BCUT2D eigenvalue weighted by Gasteiger charge is -2.36. The van der Waals surface area contributed by atoms with Crippen molar-refractivity contribution in [3.05, 3.63) is 95.6 Å². The van der Waals surface area contributed by atoms with Gasteiger partial charge in [0.25, 0.3) is 5.91 Å². The first kappa shape index (κ1) is 35.6.